The number of aliphatic hydroxyl groups is 1. The lowest BCUT2D eigenvalue weighted by molar-refractivity contribution is 0.0523. The zero-order valence-electron chi connectivity index (χ0n) is 12.1. The van der Waals surface area contributed by atoms with Crippen LogP contribution in [0.15, 0.2) is 30.5 Å². The predicted octanol–water partition coefficient (Wildman–Crippen LogP) is 1.67. The summed E-state index contributed by atoms with van der Waals surface area (Å²) in [7, 11) is 1.75. The van der Waals surface area contributed by atoms with Crippen LogP contribution in [0.3, 0.4) is 0 Å². The molecule has 6 heteroatoms. The Bertz CT molecular complexity index is 605. The van der Waals surface area contributed by atoms with Crippen molar-refractivity contribution in [1.82, 2.24) is 9.78 Å². The molecule has 0 spiro atoms. The van der Waals surface area contributed by atoms with Crippen LogP contribution in [0, 0.1) is 0 Å². The zero-order chi connectivity index (χ0) is 15.2. The van der Waals surface area contributed by atoms with Crippen molar-refractivity contribution >= 4 is 5.97 Å². The molecule has 112 valence electrons. The summed E-state index contributed by atoms with van der Waals surface area (Å²) in [4.78, 5) is 11.8. The first kappa shape index (κ1) is 15.1. The molecule has 0 saturated heterocycles. The third kappa shape index (κ3) is 3.61. The average Bonchev–Trinajstić information content (AvgIpc) is 2.87. The molecule has 1 N–H and O–H groups in total. The van der Waals surface area contributed by atoms with Gasteiger partial charge in [0.25, 0.3) is 0 Å². The van der Waals surface area contributed by atoms with Gasteiger partial charge in [0.15, 0.2) is 0 Å². The van der Waals surface area contributed by atoms with Crippen molar-refractivity contribution in [2.75, 3.05) is 6.61 Å². The first-order valence-electron chi connectivity index (χ1n) is 6.66. The Kier molecular flexibility index (Phi) is 4.94. The Morgan fingerprint density at radius 2 is 2.05 bits per heavy atom. The molecule has 0 atom stereocenters. The number of esters is 1. The van der Waals surface area contributed by atoms with Gasteiger partial charge in [-0.05, 0) is 24.6 Å². The number of carbonyl (C=O) groups is 1. The second-order valence-electron chi connectivity index (χ2n) is 4.44. The highest BCUT2D eigenvalue weighted by Crippen LogP contribution is 2.16. The van der Waals surface area contributed by atoms with Crippen molar-refractivity contribution in [2.24, 2.45) is 7.05 Å². The van der Waals surface area contributed by atoms with Crippen LogP contribution in [0.2, 0.25) is 0 Å². The van der Waals surface area contributed by atoms with E-state index >= 15 is 0 Å². The molecule has 0 bridgehead atoms. The zero-order valence-corrected chi connectivity index (χ0v) is 12.1. The van der Waals surface area contributed by atoms with Crippen LogP contribution in [-0.2, 0) is 25.0 Å². The summed E-state index contributed by atoms with van der Waals surface area (Å²) in [5.74, 6) is 0.253. The second-order valence-corrected chi connectivity index (χ2v) is 4.44. The molecule has 21 heavy (non-hydrogen) atoms. The molecule has 0 unspecified atom stereocenters. The number of aromatic nitrogens is 2. The van der Waals surface area contributed by atoms with E-state index in [1.807, 2.05) is 0 Å². The SMILES string of the molecule is CCOC(=O)c1cnn(C)c1COc1ccc(CO)cc1. The van der Waals surface area contributed by atoms with Gasteiger partial charge in [-0.1, -0.05) is 12.1 Å². The quantitative estimate of drug-likeness (QED) is 0.819. The first-order valence-corrected chi connectivity index (χ1v) is 6.66. The summed E-state index contributed by atoms with van der Waals surface area (Å²) in [6.07, 6.45) is 1.48. The first-order chi connectivity index (χ1) is 10.2. The minimum absolute atomic E-state index is 0.00494. The van der Waals surface area contributed by atoms with Gasteiger partial charge in [0.1, 0.15) is 17.9 Å². The molecule has 0 amide bonds. The van der Waals surface area contributed by atoms with E-state index in [2.05, 4.69) is 5.10 Å². The Morgan fingerprint density at radius 1 is 1.33 bits per heavy atom. The maximum absolute atomic E-state index is 11.8. The van der Waals surface area contributed by atoms with Gasteiger partial charge >= 0.3 is 5.97 Å². The van der Waals surface area contributed by atoms with Crippen LogP contribution < -0.4 is 4.74 Å². The molecule has 0 aliphatic rings. The third-order valence-corrected chi connectivity index (χ3v) is 3.04. The third-order valence-electron chi connectivity index (χ3n) is 3.04. The summed E-state index contributed by atoms with van der Waals surface area (Å²) in [6.45, 7) is 2.28. The average molecular weight is 290 g/mol. The van der Waals surface area contributed by atoms with Crippen molar-refractivity contribution in [1.29, 1.82) is 0 Å². The molecule has 1 aromatic carbocycles. The summed E-state index contributed by atoms with van der Waals surface area (Å²) < 4.78 is 12.2. The number of carbonyl (C=O) groups excluding carboxylic acids is 1. The van der Waals surface area contributed by atoms with Crippen molar-refractivity contribution in [3.05, 3.63) is 47.3 Å². The summed E-state index contributed by atoms with van der Waals surface area (Å²) >= 11 is 0. The summed E-state index contributed by atoms with van der Waals surface area (Å²) in [5.41, 5.74) is 1.88. The summed E-state index contributed by atoms with van der Waals surface area (Å²) in [5, 5.41) is 13.1. The Labute approximate surface area is 122 Å². The minimum Gasteiger partial charge on any atom is -0.487 e. The topological polar surface area (TPSA) is 73.6 Å². The lowest BCUT2D eigenvalue weighted by atomic mass is 10.2. The van der Waals surface area contributed by atoms with Crippen molar-refractivity contribution in [2.45, 2.75) is 20.1 Å². The monoisotopic (exact) mass is 290 g/mol. The van der Waals surface area contributed by atoms with E-state index in [9.17, 15) is 4.79 Å². The fourth-order valence-corrected chi connectivity index (χ4v) is 1.86. The minimum atomic E-state index is -0.403. The number of aliphatic hydroxyl groups excluding tert-OH is 1. The predicted molar refractivity (Wildman–Crippen MR) is 75.9 cm³/mol. The Morgan fingerprint density at radius 3 is 2.67 bits per heavy atom. The number of hydrogen-bond donors (Lipinski definition) is 1. The highest BCUT2D eigenvalue weighted by atomic mass is 16.5. The van der Waals surface area contributed by atoms with Crippen LogP contribution >= 0.6 is 0 Å². The fraction of sp³-hybridized carbons (Fsp3) is 0.333. The molecule has 1 aromatic heterocycles. The van der Waals surface area contributed by atoms with Gasteiger partial charge in [-0.25, -0.2) is 4.79 Å². The molecule has 1 heterocycles. The maximum atomic E-state index is 11.8. The van der Waals surface area contributed by atoms with E-state index in [-0.39, 0.29) is 13.2 Å². The number of rotatable bonds is 6. The summed E-state index contributed by atoms with van der Waals surface area (Å²) in [6, 6.07) is 7.10. The normalized spacial score (nSPS) is 10.4. The van der Waals surface area contributed by atoms with Gasteiger partial charge < -0.3 is 14.6 Å². The van der Waals surface area contributed by atoms with Crippen molar-refractivity contribution in [3.63, 3.8) is 0 Å². The fourth-order valence-electron chi connectivity index (χ4n) is 1.86. The Hall–Kier alpha value is -2.34. The van der Waals surface area contributed by atoms with Crippen molar-refractivity contribution in [3.8, 4) is 5.75 Å². The molecule has 0 radical (unpaired) electrons. The highest BCUT2D eigenvalue weighted by molar-refractivity contribution is 5.90. The molecule has 6 nitrogen and oxygen atoms in total. The van der Waals surface area contributed by atoms with E-state index in [0.717, 1.165) is 5.56 Å². The van der Waals surface area contributed by atoms with Gasteiger partial charge in [0.05, 0.1) is 25.1 Å². The molecule has 0 fully saturated rings. The largest absolute Gasteiger partial charge is 0.487 e. The smallest absolute Gasteiger partial charge is 0.341 e. The maximum Gasteiger partial charge on any atom is 0.341 e. The van der Waals surface area contributed by atoms with Crippen LogP contribution in [0.5, 0.6) is 5.75 Å². The van der Waals surface area contributed by atoms with Crippen LogP contribution in [0.4, 0.5) is 0 Å². The van der Waals surface area contributed by atoms with Gasteiger partial charge in [-0.15, -0.1) is 0 Å². The number of ether oxygens (including phenoxy) is 2. The molecular formula is C15H18N2O4. The van der Waals surface area contributed by atoms with Crippen molar-refractivity contribution < 1.29 is 19.4 Å². The molecule has 0 aliphatic carbocycles. The van der Waals surface area contributed by atoms with Crippen LogP contribution in [-0.4, -0.2) is 27.5 Å². The second kappa shape index (κ2) is 6.90. The van der Waals surface area contributed by atoms with E-state index < -0.39 is 5.97 Å². The molecular weight excluding hydrogens is 272 g/mol. The van der Waals surface area contributed by atoms with Crippen LogP contribution in [0.25, 0.3) is 0 Å². The van der Waals surface area contributed by atoms with E-state index in [1.165, 1.54) is 6.20 Å². The van der Waals surface area contributed by atoms with Gasteiger partial charge in [-0.3, -0.25) is 4.68 Å². The van der Waals surface area contributed by atoms with Crippen LogP contribution in [0.1, 0.15) is 28.5 Å². The molecule has 2 rings (SSSR count). The Balaban J connectivity index is 2.08. The van der Waals surface area contributed by atoms with Gasteiger partial charge in [0.2, 0.25) is 0 Å². The number of benzene rings is 1. The van der Waals surface area contributed by atoms with E-state index in [4.69, 9.17) is 14.6 Å². The number of nitrogens with zero attached hydrogens (tertiary/aromatic N) is 2. The lowest BCUT2D eigenvalue weighted by Crippen LogP contribution is -2.11. The molecule has 0 aliphatic heterocycles. The highest BCUT2D eigenvalue weighted by Gasteiger charge is 2.17. The number of aryl methyl sites for hydroxylation is 1. The van der Waals surface area contributed by atoms with Gasteiger partial charge in [-0.2, -0.15) is 5.10 Å². The lowest BCUT2D eigenvalue weighted by Gasteiger charge is -2.09. The van der Waals surface area contributed by atoms with Gasteiger partial charge in [0, 0.05) is 7.05 Å². The molecule has 2 aromatic rings. The standard InChI is InChI=1S/C15H18N2O4/c1-3-20-15(19)13-8-16-17(2)14(13)10-21-12-6-4-11(9-18)5-7-12/h4-8,18H,3,9-10H2,1-2H3. The number of hydrogen-bond acceptors (Lipinski definition) is 5. The van der Waals surface area contributed by atoms with E-state index in [0.29, 0.717) is 23.6 Å². The molecule has 0 saturated carbocycles. The van der Waals surface area contributed by atoms with E-state index in [1.54, 1.807) is 42.9 Å².